The molecule has 0 spiro atoms. The number of nitrogens with zero attached hydrogens (tertiary/aromatic N) is 1. The van der Waals surface area contributed by atoms with Crippen molar-refractivity contribution in [3.8, 4) is 11.5 Å². The molecule has 2 aliphatic heterocycles. The van der Waals surface area contributed by atoms with E-state index in [0.717, 1.165) is 24.3 Å². The molecule has 1 aromatic carbocycles. The fourth-order valence-corrected chi connectivity index (χ4v) is 4.93. The van der Waals surface area contributed by atoms with Crippen molar-refractivity contribution >= 4 is 15.7 Å². The quantitative estimate of drug-likeness (QED) is 0.813. The molecule has 2 fully saturated rings. The SMILES string of the molecule is COc1ccc(OC2CCN(C(=O)C3CCS(=O)(=O)CC3)CC2)cc1. The van der Waals surface area contributed by atoms with Crippen LogP contribution in [0.2, 0.25) is 0 Å². The lowest BCUT2D eigenvalue weighted by molar-refractivity contribution is -0.137. The number of likely N-dealkylation sites (tertiary alicyclic amines) is 1. The minimum absolute atomic E-state index is 0.101. The molecule has 0 bridgehead atoms. The van der Waals surface area contributed by atoms with Gasteiger partial charge in [-0.3, -0.25) is 4.79 Å². The second-order valence-electron chi connectivity index (χ2n) is 6.74. The first kappa shape index (κ1) is 18.0. The van der Waals surface area contributed by atoms with Gasteiger partial charge in [0, 0.05) is 31.8 Å². The zero-order valence-corrected chi connectivity index (χ0v) is 15.3. The summed E-state index contributed by atoms with van der Waals surface area (Å²) in [5.74, 6) is 1.85. The number of carbonyl (C=O) groups excluding carboxylic acids is 1. The van der Waals surface area contributed by atoms with Crippen molar-refractivity contribution < 1.29 is 22.7 Å². The van der Waals surface area contributed by atoms with Crippen LogP contribution in [-0.4, -0.2) is 57.0 Å². The van der Waals surface area contributed by atoms with Gasteiger partial charge in [0.2, 0.25) is 5.91 Å². The van der Waals surface area contributed by atoms with E-state index < -0.39 is 9.84 Å². The highest BCUT2D eigenvalue weighted by Gasteiger charge is 2.33. The predicted octanol–water partition coefficient (Wildman–Crippen LogP) is 1.89. The van der Waals surface area contributed by atoms with Crippen LogP contribution in [0.3, 0.4) is 0 Å². The highest BCUT2D eigenvalue weighted by Crippen LogP contribution is 2.25. The van der Waals surface area contributed by atoms with Gasteiger partial charge in [-0.25, -0.2) is 8.42 Å². The molecule has 1 aromatic rings. The number of ether oxygens (including phenoxy) is 2. The lowest BCUT2D eigenvalue weighted by atomic mass is 9.99. The number of sulfone groups is 1. The van der Waals surface area contributed by atoms with Crippen LogP contribution >= 0.6 is 0 Å². The van der Waals surface area contributed by atoms with Gasteiger partial charge in [-0.2, -0.15) is 0 Å². The topological polar surface area (TPSA) is 72.9 Å². The number of hydrogen-bond acceptors (Lipinski definition) is 5. The number of hydrogen-bond donors (Lipinski definition) is 0. The summed E-state index contributed by atoms with van der Waals surface area (Å²) in [6, 6.07) is 7.51. The second-order valence-corrected chi connectivity index (χ2v) is 9.05. The second kappa shape index (κ2) is 7.64. The Labute approximate surface area is 149 Å². The van der Waals surface area contributed by atoms with Gasteiger partial charge >= 0.3 is 0 Å². The average molecular weight is 367 g/mol. The molecule has 2 saturated heterocycles. The van der Waals surface area contributed by atoms with E-state index in [4.69, 9.17) is 9.47 Å². The van der Waals surface area contributed by atoms with Gasteiger partial charge in [0.15, 0.2) is 0 Å². The maximum absolute atomic E-state index is 12.6. The first-order chi connectivity index (χ1) is 12.0. The van der Waals surface area contributed by atoms with E-state index in [-0.39, 0.29) is 29.4 Å². The predicted molar refractivity (Wildman–Crippen MR) is 94.6 cm³/mol. The maximum atomic E-state index is 12.6. The Morgan fingerprint density at radius 3 is 2.12 bits per heavy atom. The van der Waals surface area contributed by atoms with E-state index in [1.807, 2.05) is 29.2 Å². The van der Waals surface area contributed by atoms with E-state index in [0.29, 0.717) is 25.9 Å². The van der Waals surface area contributed by atoms with E-state index in [9.17, 15) is 13.2 Å². The summed E-state index contributed by atoms with van der Waals surface area (Å²) in [6.07, 6.45) is 2.61. The van der Waals surface area contributed by atoms with Gasteiger partial charge in [0.05, 0.1) is 18.6 Å². The largest absolute Gasteiger partial charge is 0.497 e. The van der Waals surface area contributed by atoms with Gasteiger partial charge in [-0.15, -0.1) is 0 Å². The molecule has 0 saturated carbocycles. The van der Waals surface area contributed by atoms with Crippen LogP contribution in [0.1, 0.15) is 25.7 Å². The van der Waals surface area contributed by atoms with E-state index in [2.05, 4.69) is 0 Å². The highest BCUT2D eigenvalue weighted by molar-refractivity contribution is 7.91. The third kappa shape index (κ3) is 4.66. The molecule has 2 aliphatic rings. The van der Waals surface area contributed by atoms with Crippen molar-refractivity contribution in [2.45, 2.75) is 31.8 Å². The monoisotopic (exact) mass is 367 g/mol. The fraction of sp³-hybridized carbons (Fsp3) is 0.611. The van der Waals surface area contributed by atoms with Crippen molar-refractivity contribution in [1.29, 1.82) is 0 Å². The van der Waals surface area contributed by atoms with Crippen LogP contribution in [0.25, 0.3) is 0 Å². The number of methoxy groups -OCH3 is 1. The molecule has 3 rings (SSSR count). The first-order valence-corrected chi connectivity index (χ1v) is 10.6. The molecule has 25 heavy (non-hydrogen) atoms. The Morgan fingerprint density at radius 2 is 1.56 bits per heavy atom. The van der Waals surface area contributed by atoms with Crippen molar-refractivity contribution in [2.24, 2.45) is 5.92 Å². The number of carbonyl (C=O) groups is 1. The lowest BCUT2D eigenvalue weighted by Gasteiger charge is -2.35. The van der Waals surface area contributed by atoms with Crippen LogP contribution in [0, 0.1) is 5.92 Å². The van der Waals surface area contributed by atoms with Crippen LogP contribution in [0.5, 0.6) is 11.5 Å². The molecular formula is C18H25NO5S. The number of amides is 1. The normalized spacial score (nSPS) is 21.7. The summed E-state index contributed by atoms with van der Waals surface area (Å²) in [5, 5.41) is 0. The third-order valence-electron chi connectivity index (χ3n) is 5.02. The highest BCUT2D eigenvalue weighted by atomic mass is 32.2. The van der Waals surface area contributed by atoms with Gasteiger partial charge < -0.3 is 14.4 Å². The zero-order chi connectivity index (χ0) is 17.9. The summed E-state index contributed by atoms with van der Waals surface area (Å²) in [5.41, 5.74) is 0. The average Bonchev–Trinajstić information content (AvgIpc) is 2.62. The molecule has 1 amide bonds. The molecule has 6 nitrogen and oxygen atoms in total. The summed E-state index contributed by atoms with van der Waals surface area (Å²) >= 11 is 0. The lowest BCUT2D eigenvalue weighted by Crippen LogP contribution is -2.45. The van der Waals surface area contributed by atoms with Crippen molar-refractivity contribution in [2.75, 3.05) is 31.7 Å². The minimum atomic E-state index is -2.93. The van der Waals surface area contributed by atoms with Crippen molar-refractivity contribution in [3.63, 3.8) is 0 Å². The van der Waals surface area contributed by atoms with E-state index in [1.165, 1.54) is 0 Å². The van der Waals surface area contributed by atoms with Crippen LogP contribution < -0.4 is 9.47 Å². The number of benzene rings is 1. The van der Waals surface area contributed by atoms with Gasteiger partial charge in [-0.1, -0.05) is 0 Å². The molecule has 0 atom stereocenters. The summed E-state index contributed by atoms with van der Waals surface area (Å²) in [7, 11) is -1.30. The Balaban J connectivity index is 1.47. The Hall–Kier alpha value is -1.76. The molecule has 0 N–H and O–H groups in total. The molecular weight excluding hydrogens is 342 g/mol. The Morgan fingerprint density at radius 1 is 1.00 bits per heavy atom. The van der Waals surface area contributed by atoms with Crippen LogP contribution in [0.15, 0.2) is 24.3 Å². The fourth-order valence-electron chi connectivity index (χ4n) is 3.44. The van der Waals surface area contributed by atoms with Crippen molar-refractivity contribution in [3.05, 3.63) is 24.3 Å². The van der Waals surface area contributed by atoms with Gasteiger partial charge in [0.25, 0.3) is 0 Å². The molecule has 0 radical (unpaired) electrons. The molecule has 0 unspecified atom stereocenters. The first-order valence-electron chi connectivity index (χ1n) is 8.77. The zero-order valence-electron chi connectivity index (χ0n) is 14.5. The summed E-state index contributed by atoms with van der Waals surface area (Å²) in [4.78, 5) is 14.4. The van der Waals surface area contributed by atoms with E-state index >= 15 is 0 Å². The van der Waals surface area contributed by atoms with Crippen LogP contribution in [-0.2, 0) is 14.6 Å². The molecule has 7 heteroatoms. The van der Waals surface area contributed by atoms with Crippen LogP contribution in [0.4, 0.5) is 0 Å². The third-order valence-corrected chi connectivity index (χ3v) is 6.74. The number of piperidine rings is 1. The molecule has 0 aromatic heterocycles. The maximum Gasteiger partial charge on any atom is 0.225 e. The number of rotatable bonds is 4. The minimum Gasteiger partial charge on any atom is -0.497 e. The molecule has 2 heterocycles. The molecule has 138 valence electrons. The standard InChI is InChI=1S/C18H25NO5S/c1-23-15-2-4-16(5-3-15)24-17-6-10-19(11-7-17)18(20)14-8-12-25(21,22)13-9-14/h2-5,14,17H,6-13H2,1H3. The summed E-state index contributed by atoms with van der Waals surface area (Å²) in [6.45, 7) is 1.34. The smallest absolute Gasteiger partial charge is 0.225 e. The van der Waals surface area contributed by atoms with Gasteiger partial charge in [0.1, 0.15) is 27.4 Å². The van der Waals surface area contributed by atoms with Gasteiger partial charge in [-0.05, 0) is 37.1 Å². The van der Waals surface area contributed by atoms with E-state index in [1.54, 1.807) is 7.11 Å². The molecule has 0 aliphatic carbocycles. The Bertz CT molecular complexity index is 679. The van der Waals surface area contributed by atoms with Crippen molar-refractivity contribution in [1.82, 2.24) is 4.90 Å². The summed E-state index contributed by atoms with van der Waals surface area (Å²) < 4.78 is 34.1. The Kier molecular flexibility index (Phi) is 5.51.